The summed E-state index contributed by atoms with van der Waals surface area (Å²) in [7, 11) is 0. The van der Waals surface area contributed by atoms with Gasteiger partial charge in [0.25, 0.3) is 0 Å². The van der Waals surface area contributed by atoms with Gasteiger partial charge in [0.1, 0.15) is 0 Å². The molecule has 4 aromatic rings. The van der Waals surface area contributed by atoms with E-state index in [1.54, 1.807) is 12.3 Å². The highest BCUT2D eigenvalue weighted by Crippen LogP contribution is 2.43. The zero-order valence-corrected chi connectivity index (χ0v) is 21.1. The van der Waals surface area contributed by atoms with Gasteiger partial charge in [-0.2, -0.15) is 0 Å². The van der Waals surface area contributed by atoms with E-state index in [-0.39, 0.29) is 12.1 Å². The molecule has 0 amide bonds. The third-order valence-corrected chi connectivity index (χ3v) is 7.40. The average Bonchev–Trinajstić information content (AvgIpc) is 3.32. The average molecular weight is 508 g/mol. The Kier molecular flexibility index (Phi) is 6.30. The number of pyridine rings is 2. The molecule has 1 aromatic carbocycles. The molecule has 172 valence electrons. The van der Waals surface area contributed by atoms with Gasteiger partial charge in [-0.25, -0.2) is 0 Å². The summed E-state index contributed by atoms with van der Waals surface area (Å²) in [5.41, 5.74) is 6.18. The number of nitrogens with one attached hydrogen (secondary N) is 1. The van der Waals surface area contributed by atoms with Gasteiger partial charge in [-0.15, -0.1) is 0 Å². The van der Waals surface area contributed by atoms with Gasteiger partial charge in [-0.3, -0.25) is 9.97 Å². The lowest BCUT2D eigenvalue weighted by Gasteiger charge is -2.28. The van der Waals surface area contributed by atoms with Crippen LogP contribution in [0.25, 0.3) is 5.69 Å². The number of benzene rings is 1. The van der Waals surface area contributed by atoms with E-state index in [1.165, 1.54) is 0 Å². The predicted octanol–water partition coefficient (Wildman–Crippen LogP) is 6.36. The Morgan fingerprint density at radius 2 is 1.88 bits per heavy atom. The Morgan fingerprint density at radius 3 is 2.62 bits per heavy atom. The summed E-state index contributed by atoms with van der Waals surface area (Å²) in [5, 5.41) is 5.28. The smallest absolute Gasteiger partial charge is 0.170 e. The minimum atomic E-state index is -0.103. The normalized spacial score (nSPS) is 17.8. The summed E-state index contributed by atoms with van der Waals surface area (Å²) in [5.74, 6) is 0. The fourth-order valence-corrected chi connectivity index (χ4v) is 5.41. The van der Waals surface area contributed by atoms with E-state index in [0.29, 0.717) is 21.7 Å². The molecule has 1 saturated heterocycles. The molecular weight excluding hydrogens is 485 g/mol. The maximum absolute atomic E-state index is 6.61. The zero-order chi connectivity index (χ0) is 23.8. The number of hydrogen-bond donors (Lipinski definition) is 1. The molecule has 5 nitrogen and oxygen atoms in total. The minimum Gasteiger partial charge on any atom is -0.352 e. The first-order chi connectivity index (χ1) is 16.5. The largest absolute Gasteiger partial charge is 0.352 e. The van der Waals surface area contributed by atoms with Crippen molar-refractivity contribution in [2.75, 3.05) is 0 Å². The SMILES string of the molecule is Cc1cc([C@@H]2[C@H](c3ccccn3)NC(=S)N2Cc2cccnc2)c(C)n1-c1cccc(Cl)c1Cl. The van der Waals surface area contributed by atoms with Crippen molar-refractivity contribution in [2.24, 2.45) is 0 Å². The Bertz CT molecular complexity index is 1340. The molecule has 5 rings (SSSR count). The lowest BCUT2D eigenvalue weighted by Crippen LogP contribution is -2.29. The van der Waals surface area contributed by atoms with Gasteiger partial charge in [0.2, 0.25) is 0 Å². The van der Waals surface area contributed by atoms with Gasteiger partial charge < -0.3 is 14.8 Å². The first kappa shape index (κ1) is 22.8. The van der Waals surface area contributed by atoms with Crippen LogP contribution < -0.4 is 5.32 Å². The lowest BCUT2D eigenvalue weighted by atomic mass is 9.96. The minimum absolute atomic E-state index is 0.0690. The molecule has 0 saturated carbocycles. The fourth-order valence-electron chi connectivity index (χ4n) is 4.73. The summed E-state index contributed by atoms with van der Waals surface area (Å²) in [6.45, 7) is 4.82. The highest BCUT2D eigenvalue weighted by molar-refractivity contribution is 7.80. The van der Waals surface area contributed by atoms with E-state index in [0.717, 1.165) is 33.9 Å². The second-order valence-electron chi connectivity index (χ2n) is 8.35. The van der Waals surface area contributed by atoms with Gasteiger partial charge in [0.15, 0.2) is 5.11 Å². The molecule has 1 aliphatic heterocycles. The summed E-state index contributed by atoms with van der Waals surface area (Å²) >= 11 is 18.8. The van der Waals surface area contributed by atoms with Crippen molar-refractivity contribution in [2.45, 2.75) is 32.5 Å². The van der Waals surface area contributed by atoms with Crippen LogP contribution in [0.3, 0.4) is 0 Å². The maximum Gasteiger partial charge on any atom is 0.170 e. The summed E-state index contributed by atoms with van der Waals surface area (Å²) < 4.78 is 2.16. The predicted molar refractivity (Wildman–Crippen MR) is 140 cm³/mol. The van der Waals surface area contributed by atoms with Crippen molar-refractivity contribution in [1.29, 1.82) is 0 Å². The summed E-state index contributed by atoms with van der Waals surface area (Å²) in [4.78, 5) is 11.2. The van der Waals surface area contributed by atoms with Gasteiger partial charge in [-0.1, -0.05) is 41.4 Å². The van der Waals surface area contributed by atoms with Crippen LogP contribution in [0, 0.1) is 13.8 Å². The monoisotopic (exact) mass is 507 g/mol. The van der Waals surface area contributed by atoms with Crippen molar-refractivity contribution in [3.63, 3.8) is 0 Å². The van der Waals surface area contributed by atoms with Crippen LogP contribution in [-0.2, 0) is 6.54 Å². The molecule has 8 heteroatoms. The molecule has 3 aromatic heterocycles. The van der Waals surface area contributed by atoms with Crippen LogP contribution >= 0.6 is 35.4 Å². The molecule has 34 heavy (non-hydrogen) atoms. The molecule has 2 atom stereocenters. The number of rotatable bonds is 5. The second kappa shape index (κ2) is 9.37. The van der Waals surface area contributed by atoms with Crippen LogP contribution in [0.15, 0.2) is 73.2 Å². The van der Waals surface area contributed by atoms with Crippen LogP contribution in [0.5, 0.6) is 0 Å². The quantitative estimate of drug-likeness (QED) is 0.318. The number of aromatic nitrogens is 3. The third-order valence-electron chi connectivity index (χ3n) is 6.23. The first-order valence-electron chi connectivity index (χ1n) is 11.0. The van der Waals surface area contributed by atoms with Gasteiger partial charge in [0.05, 0.1) is 33.5 Å². The molecule has 0 radical (unpaired) electrons. The van der Waals surface area contributed by atoms with Crippen LogP contribution in [0.2, 0.25) is 10.0 Å². The van der Waals surface area contributed by atoms with Crippen molar-refractivity contribution in [3.05, 3.63) is 111 Å². The van der Waals surface area contributed by atoms with Crippen molar-refractivity contribution < 1.29 is 0 Å². The fraction of sp³-hybridized carbons (Fsp3) is 0.192. The Labute approximate surface area is 214 Å². The molecule has 0 aliphatic carbocycles. The second-order valence-corrected chi connectivity index (χ2v) is 9.52. The van der Waals surface area contributed by atoms with E-state index in [9.17, 15) is 0 Å². The summed E-state index contributed by atoms with van der Waals surface area (Å²) in [6.07, 6.45) is 5.47. The number of thiocarbonyl (C=S) groups is 1. The molecular formula is C26H23Cl2N5S. The molecule has 4 heterocycles. The third kappa shape index (κ3) is 4.06. The lowest BCUT2D eigenvalue weighted by molar-refractivity contribution is 0.310. The number of nitrogens with zero attached hydrogens (tertiary/aromatic N) is 4. The number of aryl methyl sites for hydroxylation is 1. The van der Waals surface area contributed by atoms with Gasteiger partial charge in [0, 0.05) is 36.5 Å². The molecule has 0 bridgehead atoms. The molecule has 1 aliphatic rings. The summed E-state index contributed by atoms with van der Waals surface area (Å²) in [6, 6.07) is 17.7. The van der Waals surface area contributed by atoms with E-state index in [1.807, 2.05) is 48.8 Å². The van der Waals surface area contributed by atoms with Crippen LogP contribution in [0.1, 0.15) is 40.3 Å². The van der Waals surface area contributed by atoms with Crippen molar-refractivity contribution >= 4 is 40.5 Å². The standard InChI is InChI=1S/C26H23Cl2N5S/c1-16-13-19(17(2)33(16)22-10-5-8-20(27)23(22)28)25-24(21-9-3-4-12-30-21)31-26(34)32(25)15-18-7-6-11-29-14-18/h3-14,24-25H,15H2,1-2H3,(H,31,34)/t24-,25+/m0/s1. The van der Waals surface area contributed by atoms with Crippen LogP contribution in [0.4, 0.5) is 0 Å². The van der Waals surface area contributed by atoms with E-state index in [2.05, 4.69) is 50.7 Å². The molecule has 0 spiro atoms. The first-order valence-corrected chi connectivity index (χ1v) is 12.1. The Hall–Kier alpha value is -2.93. The van der Waals surface area contributed by atoms with E-state index >= 15 is 0 Å². The van der Waals surface area contributed by atoms with E-state index in [4.69, 9.17) is 35.4 Å². The molecule has 0 unspecified atom stereocenters. The van der Waals surface area contributed by atoms with Crippen LogP contribution in [-0.4, -0.2) is 24.5 Å². The van der Waals surface area contributed by atoms with Crippen molar-refractivity contribution in [1.82, 2.24) is 24.8 Å². The highest BCUT2D eigenvalue weighted by Gasteiger charge is 2.41. The van der Waals surface area contributed by atoms with Gasteiger partial charge in [-0.05, 0) is 73.6 Å². The maximum atomic E-state index is 6.61. The Morgan fingerprint density at radius 1 is 1.03 bits per heavy atom. The highest BCUT2D eigenvalue weighted by atomic mass is 35.5. The number of hydrogen-bond acceptors (Lipinski definition) is 3. The molecule has 1 fully saturated rings. The van der Waals surface area contributed by atoms with Crippen molar-refractivity contribution in [3.8, 4) is 5.69 Å². The molecule has 1 N–H and O–H groups in total. The topological polar surface area (TPSA) is 46.0 Å². The van der Waals surface area contributed by atoms with E-state index < -0.39 is 0 Å². The van der Waals surface area contributed by atoms with Gasteiger partial charge >= 0.3 is 0 Å². The Balaban J connectivity index is 1.64. The zero-order valence-electron chi connectivity index (χ0n) is 18.7. The number of halogens is 2.